The maximum atomic E-state index is 10.6. The summed E-state index contributed by atoms with van der Waals surface area (Å²) in [5, 5.41) is 8.68. The number of hydrogen-bond donors (Lipinski definition) is 1. The van der Waals surface area contributed by atoms with Crippen molar-refractivity contribution >= 4 is 5.97 Å². The van der Waals surface area contributed by atoms with Gasteiger partial charge in [-0.15, -0.1) is 0 Å². The van der Waals surface area contributed by atoms with E-state index in [1.807, 2.05) is 0 Å². The molecule has 0 atom stereocenters. The standard InChI is InChI=1S/C15H20O2/c1-3-5-13-8-10-14(11-9-13)7-4-6-12(2)15(16)17/h8-11H,2-7H2,1H3,(H,16,17). The van der Waals surface area contributed by atoms with Crippen molar-refractivity contribution in [1.82, 2.24) is 0 Å². The summed E-state index contributed by atoms with van der Waals surface area (Å²) < 4.78 is 0. The van der Waals surface area contributed by atoms with Gasteiger partial charge in [0.25, 0.3) is 0 Å². The number of carboxylic acids is 1. The summed E-state index contributed by atoms with van der Waals surface area (Å²) in [6.07, 6.45) is 4.61. The van der Waals surface area contributed by atoms with Crippen LogP contribution in [-0.2, 0) is 17.6 Å². The Morgan fingerprint density at radius 1 is 1.18 bits per heavy atom. The minimum Gasteiger partial charge on any atom is -0.478 e. The van der Waals surface area contributed by atoms with Crippen molar-refractivity contribution in [3.8, 4) is 0 Å². The number of benzene rings is 1. The zero-order valence-electron chi connectivity index (χ0n) is 10.4. The summed E-state index contributed by atoms with van der Waals surface area (Å²) in [4.78, 5) is 10.6. The number of carboxylic acid groups (broad SMARTS) is 1. The molecule has 0 unspecified atom stereocenters. The van der Waals surface area contributed by atoms with E-state index >= 15 is 0 Å². The molecule has 92 valence electrons. The van der Waals surface area contributed by atoms with Gasteiger partial charge in [-0.3, -0.25) is 0 Å². The summed E-state index contributed by atoms with van der Waals surface area (Å²) in [6, 6.07) is 8.58. The second kappa shape index (κ2) is 6.89. The molecule has 0 aliphatic rings. The van der Waals surface area contributed by atoms with E-state index in [1.54, 1.807) is 0 Å². The van der Waals surface area contributed by atoms with Crippen LogP contribution in [0.25, 0.3) is 0 Å². The van der Waals surface area contributed by atoms with Gasteiger partial charge >= 0.3 is 5.97 Å². The van der Waals surface area contributed by atoms with E-state index in [9.17, 15) is 4.79 Å². The topological polar surface area (TPSA) is 37.3 Å². The van der Waals surface area contributed by atoms with Gasteiger partial charge in [-0.25, -0.2) is 4.79 Å². The zero-order valence-corrected chi connectivity index (χ0v) is 10.4. The van der Waals surface area contributed by atoms with Crippen LogP contribution >= 0.6 is 0 Å². The molecule has 0 heterocycles. The molecular formula is C15H20O2. The Bertz CT molecular complexity index is 376. The summed E-state index contributed by atoms with van der Waals surface area (Å²) in [6.45, 7) is 5.70. The van der Waals surface area contributed by atoms with Crippen molar-refractivity contribution in [3.63, 3.8) is 0 Å². The molecule has 1 rings (SSSR count). The van der Waals surface area contributed by atoms with Crippen molar-refractivity contribution in [1.29, 1.82) is 0 Å². The predicted octanol–water partition coefficient (Wildman–Crippen LogP) is 3.60. The Morgan fingerprint density at radius 3 is 2.18 bits per heavy atom. The molecule has 0 saturated heterocycles. The summed E-state index contributed by atoms with van der Waals surface area (Å²) in [5.74, 6) is -0.886. The molecule has 2 heteroatoms. The van der Waals surface area contributed by atoms with Gasteiger partial charge in [0.05, 0.1) is 0 Å². The number of carbonyl (C=O) groups is 1. The van der Waals surface area contributed by atoms with Gasteiger partial charge in [-0.1, -0.05) is 44.2 Å². The minimum atomic E-state index is -0.886. The SMILES string of the molecule is C=C(CCCc1ccc(CCC)cc1)C(=O)O. The molecule has 0 spiro atoms. The van der Waals surface area contributed by atoms with E-state index in [4.69, 9.17) is 5.11 Å². The highest BCUT2D eigenvalue weighted by Crippen LogP contribution is 2.11. The lowest BCUT2D eigenvalue weighted by atomic mass is 10.0. The van der Waals surface area contributed by atoms with Gasteiger partial charge in [0, 0.05) is 5.57 Å². The van der Waals surface area contributed by atoms with E-state index in [2.05, 4.69) is 37.8 Å². The molecule has 0 bridgehead atoms. The van der Waals surface area contributed by atoms with E-state index in [1.165, 1.54) is 11.1 Å². The molecule has 0 aliphatic heterocycles. The molecule has 1 aromatic carbocycles. The minimum absolute atomic E-state index is 0.299. The third-order valence-corrected chi connectivity index (χ3v) is 2.81. The molecular weight excluding hydrogens is 212 g/mol. The summed E-state index contributed by atoms with van der Waals surface area (Å²) >= 11 is 0. The Kier molecular flexibility index (Phi) is 5.47. The quantitative estimate of drug-likeness (QED) is 0.729. The van der Waals surface area contributed by atoms with Crippen LogP contribution in [0, 0.1) is 0 Å². The van der Waals surface area contributed by atoms with Crippen molar-refractivity contribution < 1.29 is 9.90 Å². The molecule has 1 aromatic rings. The normalized spacial score (nSPS) is 10.2. The molecule has 17 heavy (non-hydrogen) atoms. The lowest BCUT2D eigenvalue weighted by Gasteiger charge is -2.04. The monoisotopic (exact) mass is 232 g/mol. The fourth-order valence-electron chi connectivity index (χ4n) is 1.77. The first-order valence-corrected chi connectivity index (χ1v) is 6.12. The van der Waals surface area contributed by atoms with Crippen LogP contribution in [0.5, 0.6) is 0 Å². The Morgan fingerprint density at radius 2 is 1.71 bits per heavy atom. The predicted molar refractivity (Wildman–Crippen MR) is 70.2 cm³/mol. The average Bonchev–Trinajstić information content (AvgIpc) is 2.31. The third kappa shape index (κ3) is 4.85. The fourth-order valence-corrected chi connectivity index (χ4v) is 1.77. The van der Waals surface area contributed by atoms with Crippen molar-refractivity contribution in [2.75, 3.05) is 0 Å². The first-order chi connectivity index (χ1) is 8.13. The van der Waals surface area contributed by atoms with Crippen molar-refractivity contribution in [2.45, 2.75) is 39.0 Å². The van der Waals surface area contributed by atoms with Crippen LogP contribution < -0.4 is 0 Å². The summed E-state index contributed by atoms with van der Waals surface area (Å²) in [5.41, 5.74) is 2.93. The highest BCUT2D eigenvalue weighted by Gasteiger charge is 2.03. The van der Waals surface area contributed by atoms with Crippen LogP contribution in [0.1, 0.15) is 37.3 Å². The Balaban J connectivity index is 2.37. The maximum absolute atomic E-state index is 10.6. The molecule has 0 amide bonds. The lowest BCUT2D eigenvalue weighted by Crippen LogP contribution is -1.99. The lowest BCUT2D eigenvalue weighted by molar-refractivity contribution is -0.132. The number of aryl methyl sites for hydroxylation is 2. The molecule has 0 aliphatic carbocycles. The maximum Gasteiger partial charge on any atom is 0.330 e. The molecule has 0 fully saturated rings. The molecule has 2 nitrogen and oxygen atoms in total. The number of hydrogen-bond acceptors (Lipinski definition) is 1. The highest BCUT2D eigenvalue weighted by molar-refractivity contribution is 5.85. The van der Waals surface area contributed by atoms with Gasteiger partial charge in [0.2, 0.25) is 0 Å². The first-order valence-electron chi connectivity index (χ1n) is 6.12. The van der Waals surface area contributed by atoms with Gasteiger partial charge < -0.3 is 5.11 Å². The van der Waals surface area contributed by atoms with Crippen molar-refractivity contribution in [3.05, 3.63) is 47.5 Å². The fraction of sp³-hybridized carbons (Fsp3) is 0.400. The molecule has 0 aromatic heterocycles. The van der Waals surface area contributed by atoms with Crippen LogP contribution in [0.15, 0.2) is 36.4 Å². The van der Waals surface area contributed by atoms with Gasteiger partial charge in [-0.2, -0.15) is 0 Å². The first kappa shape index (κ1) is 13.5. The van der Waals surface area contributed by atoms with Crippen LogP contribution in [-0.4, -0.2) is 11.1 Å². The average molecular weight is 232 g/mol. The second-order valence-electron chi connectivity index (χ2n) is 4.33. The van der Waals surface area contributed by atoms with Crippen molar-refractivity contribution in [2.24, 2.45) is 0 Å². The highest BCUT2D eigenvalue weighted by atomic mass is 16.4. The molecule has 0 saturated carbocycles. The summed E-state index contributed by atoms with van der Waals surface area (Å²) in [7, 11) is 0. The van der Waals surface area contributed by atoms with Gasteiger partial charge in [0.1, 0.15) is 0 Å². The number of aliphatic carboxylic acids is 1. The van der Waals surface area contributed by atoms with E-state index < -0.39 is 5.97 Å². The number of rotatable bonds is 7. The Labute approximate surface area is 103 Å². The van der Waals surface area contributed by atoms with E-state index in [0.717, 1.165) is 25.7 Å². The second-order valence-corrected chi connectivity index (χ2v) is 4.33. The third-order valence-electron chi connectivity index (χ3n) is 2.81. The smallest absolute Gasteiger partial charge is 0.330 e. The molecule has 0 radical (unpaired) electrons. The van der Waals surface area contributed by atoms with Crippen LogP contribution in [0.4, 0.5) is 0 Å². The zero-order chi connectivity index (χ0) is 12.7. The largest absolute Gasteiger partial charge is 0.478 e. The van der Waals surface area contributed by atoms with Crippen LogP contribution in [0.2, 0.25) is 0 Å². The van der Waals surface area contributed by atoms with Gasteiger partial charge in [0.15, 0.2) is 0 Å². The van der Waals surface area contributed by atoms with E-state index in [0.29, 0.717) is 12.0 Å². The Hall–Kier alpha value is -1.57. The molecule has 1 N–H and O–H groups in total. The van der Waals surface area contributed by atoms with Crippen LogP contribution in [0.3, 0.4) is 0 Å². The van der Waals surface area contributed by atoms with E-state index in [-0.39, 0.29) is 0 Å². The van der Waals surface area contributed by atoms with Gasteiger partial charge in [-0.05, 0) is 36.8 Å².